The van der Waals surface area contributed by atoms with Gasteiger partial charge in [0, 0.05) is 31.8 Å². The average molecular weight is 274 g/mol. The summed E-state index contributed by atoms with van der Waals surface area (Å²) < 4.78 is 0. The Bertz CT molecular complexity index is 293. The SMILES string of the molecule is CSCC(=O)NCCC(=O)NCCC(=O)C(C)C. The third-order valence-corrected chi connectivity index (χ3v) is 2.84. The topological polar surface area (TPSA) is 75.3 Å². The summed E-state index contributed by atoms with van der Waals surface area (Å²) in [5.41, 5.74) is 0. The van der Waals surface area contributed by atoms with Gasteiger partial charge in [0.15, 0.2) is 0 Å². The van der Waals surface area contributed by atoms with Gasteiger partial charge in [-0.25, -0.2) is 0 Å². The normalized spacial score (nSPS) is 10.2. The first kappa shape index (κ1) is 17.0. The lowest BCUT2D eigenvalue weighted by Gasteiger charge is -2.07. The van der Waals surface area contributed by atoms with Crippen LogP contribution in [0.1, 0.15) is 26.7 Å². The number of carbonyl (C=O) groups excluding carboxylic acids is 3. The first-order chi connectivity index (χ1) is 8.47. The number of thioether (sulfide) groups is 1. The van der Waals surface area contributed by atoms with Crippen molar-refractivity contribution in [2.24, 2.45) is 5.92 Å². The van der Waals surface area contributed by atoms with Crippen LogP contribution in [0.5, 0.6) is 0 Å². The van der Waals surface area contributed by atoms with Crippen LogP contribution in [0.15, 0.2) is 0 Å². The summed E-state index contributed by atoms with van der Waals surface area (Å²) in [6.45, 7) is 4.38. The van der Waals surface area contributed by atoms with Crippen LogP contribution in [0.3, 0.4) is 0 Å². The van der Waals surface area contributed by atoms with Gasteiger partial charge < -0.3 is 10.6 Å². The van der Waals surface area contributed by atoms with Gasteiger partial charge in [-0.05, 0) is 6.26 Å². The molecule has 0 spiro atoms. The quantitative estimate of drug-likeness (QED) is 0.645. The van der Waals surface area contributed by atoms with E-state index < -0.39 is 0 Å². The van der Waals surface area contributed by atoms with Crippen molar-refractivity contribution in [2.75, 3.05) is 25.1 Å². The van der Waals surface area contributed by atoms with E-state index in [9.17, 15) is 14.4 Å². The van der Waals surface area contributed by atoms with Crippen LogP contribution in [-0.4, -0.2) is 42.7 Å². The van der Waals surface area contributed by atoms with Crippen LogP contribution in [0.2, 0.25) is 0 Å². The molecule has 6 heteroatoms. The first-order valence-corrected chi connectivity index (χ1v) is 7.41. The van der Waals surface area contributed by atoms with E-state index in [-0.39, 0.29) is 29.9 Å². The fraction of sp³-hybridized carbons (Fsp3) is 0.750. The van der Waals surface area contributed by atoms with E-state index in [0.29, 0.717) is 25.3 Å². The molecule has 0 aromatic rings. The average Bonchev–Trinajstić information content (AvgIpc) is 2.29. The minimum atomic E-state index is -0.143. The number of Topliss-reactive ketones (excluding diaryl/α,β-unsaturated/α-hetero) is 1. The second-order valence-electron chi connectivity index (χ2n) is 4.25. The third-order valence-electron chi connectivity index (χ3n) is 2.29. The zero-order valence-electron chi connectivity index (χ0n) is 11.2. The summed E-state index contributed by atoms with van der Waals surface area (Å²) in [6, 6.07) is 0. The molecule has 2 N–H and O–H groups in total. The molecular weight excluding hydrogens is 252 g/mol. The molecule has 0 radical (unpaired) electrons. The Kier molecular flexibility index (Phi) is 9.36. The fourth-order valence-electron chi connectivity index (χ4n) is 1.20. The predicted octanol–water partition coefficient (Wildman–Crippen LogP) is 0.587. The van der Waals surface area contributed by atoms with Crippen molar-refractivity contribution in [3.63, 3.8) is 0 Å². The smallest absolute Gasteiger partial charge is 0.229 e. The van der Waals surface area contributed by atoms with Crippen molar-refractivity contribution >= 4 is 29.4 Å². The maximum Gasteiger partial charge on any atom is 0.229 e. The lowest BCUT2D eigenvalue weighted by molar-refractivity contribution is -0.122. The van der Waals surface area contributed by atoms with E-state index in [1.165, 1.54) is 11.8 Å². The number of amides is 2. The molecule has 5 nitrogen and oxygen atoms in total. The first-order valence-electron chi connectivity index (χ1n) is 6.02. The molecule has 0 unspecified atom stereocenters. The standard InChI is InChI=1S/C12H22N2O3S/c1-9(2)10(15)4-6-13-11(16)5-7-14-12(17)8-18-3/h9H,4-8H2,1-3H3,(H,13,16)(H,14,17). The Morgan fingerprint density at radius 2 is 1.56 bits per heavy atom. The highest BCUT2D eigenvalue weighted by Crippen LogP contribution is 1.97. The van der Waals surface area contributed by atoms with Gasteiger partial charge in [-0.15, -0.1) is 0 Å². The lowest BCUT2D eigenvalue weighted by Crippen LogP contribution is -2.32. The largest absolute Gasteiger partial charge is 0.356 e. The maximum absolute atomic E-state index is 11.4. The molecule has 0 aromatic carbocycles. The van der Waals surface area contributed by atoms with E-state index in [1.54, 1.807) is 0 Å². The Labute approximate surface area is 112 Å². The van der Waals surface area contributed by atoms with Crippen molar-refractivity contribution in [3.05, 3.63) is 0 Å². The van der Waals surface area contributed by atoms with Gasteiger partial charge in [0.05, 0.1) is 5.75 Å². The third kappa shape index (κ3) is 9.04. The summed E-state index contributed by atoms with van der Waals surface area (Å²) >= 11 is 1.44. The lowest BCUT2D eigenvalue weighted by atomic mass is 10.1. The van der Waals surface area contributed by atoms with Gasteiger partial charge in [-0.2, -0.15) is 11.8 Å². The molecule has 104 valence electrons. The van der Waals surface area contributed by atoms with Crippen molar-refractivity contribution in [1.82, 2.24) is 10.6 Å². The van der Waals surface area contributed by atoms with Crippen LogP contribution >= 0.6 is 11.8 Å². The summed E-state index contributed by atoms with van der Waals surface area (Å²) in [5.74, 6) is 0.349. The highest BCUT2D eigenvalue weighted by Gasteiger charge is 2.08. The molecule has 0 aliphatic rings. The minimum absolute atomic E-state index is 0.00716. The number of hydrogen-bond acceptors (Lipinski definition) is 4. The summed E-state index contributed by atoms with van der Waals surface area (Å²) in [4.78, 5) is 33.7. The fourth-order valence-corrected chi connectivity index (χ4v) is 1.56. The molecule has 0 fully saturated rings. The molecule has 0 rings (SSSR count). The number of ketones is 1. The predicted molar refractivity (Wildman–Crippen MR) is 73.5 cm³/mol. The van der Waals surface area contributed by atoms with Crippen LogP contribution in [-0.2, 0) is 14.4 Å². The van der Waals surface area contributed by atoms with E-state index >= 15 is 0 Å². The maximum atomic E-state index is 11.4. The molecule has 0 aliphatic heterocycles. The molecule has 0 atom stereocenters. The van der Waals surface area contributed by atoms with Crippen LogP contribution < -0.4 is 10.6 Å². The number of carbonyl (C=O) groups is 3. The van der Waals surface area contributed by atoms with Gasteiger partial charge in [-0.1, -0.05) is 13.8 Å². The Morgan fingerprint density at radius 3 is 2.11 bits per heavy atom. The molecular formula is C12H22N2O3S. The number of rotatable bonds is 9. The number of nitrogens with one attached hydrogen (secondary N) is 2. The van der Waals surface area contributed by atoms with Gasteiger partial charge >= 0.3 is 0 Å². The van der Waals surface area contributed by atoms with E-state index in [2.05, 4.69) is 10.6 Å². The summed E-state index contributed by atoms with van der Waals surface area (Å²) in [5, 5.41) is 5.30. The summed E-state index contributed by atoms with van der Waals surface area (Å²) in [6.07, 6.45) is 2.45. The van der Waals surface area contributed by atoms with Crippen molar-refractivity contribution in [3.8, 4) is 0 Å². The molecule has 0 bridgehead atoms. The Morgan fingerprint density at radius 1 is 1.00 bits per heavy atom. The van der Waals surface area contributed by atoms with E-state index in [4.69, 9.17) is 0 Å². The monoisotopic (exact) mass is 274 g/mol. The zero-order valence-corrected chi connectivity index (χ0v) is 12.1. The number of hydrogen-bond donors (Lipinski definition) is 2. The Balaban J connectivity index is 3.55. The zero-order chi connectivity index (χ0) is 14.0. The van der Waals surface area contributed by atoms with Crippen molar-refractivity contribution in [1.29, 1.82) is 0 Å². The Hall–Kier alpha value is -1.04. The van der Waals surface area contributed by atoms with Crippen LogP contribution in [0.4, 0.5) is 0 Å². The van der Waals surface area contributed by atoms with Gasteiger partial charge in [-0.3, -0.25) is 14.4 Å². The molecule has 0 aromatic heterocycles. The van der Waals surface area contributed by atoms with E-state index in [1.807, 2.05) is 20.1 Å². The minimum Gasteiger partial charge on any atom is -0.356 e. The molecule has 0 aliphatic carbocycles. The van der Waals surface area contributed by atoms with Crippen LogP contribution in [0, 0.1) is 5.92 Å². The molecule has 0 heterocycles. The molecule has 18 heavy (non-hydrogen) atoms. The van der Waals surface area contributed by atoms with Gasteiger partial charge in [0.25, 0.3) is 0 Å². The molecule has 2 amide bonds. The van der Waals surface area contributed by atoms with Gasteiger partial charge in [0.1, 0.15) is 5.78 Å². The highest BCUT2D eigenvalue weighted by molar-refractivity contribution is 7.99. The molecule has 0 saturated carbocycles. The van der Waals surface area contributed by atoms with E-state index in [0.717, 1.165) is 0 Å². The van der Waals surface area contributed by atoms with Crippen molar-refractivity contribution < 1.29 is 14.4 Å². The summed E-state index contributed by atoms with van der Waals surface area (Å²) in [7, 11) is 0. The van der Waals surface area contributed by atoms with Gasteiger partial charge in [0.2, 0.25) is 11.8 Å². The highest BCUT2D eigenvalue weighted by atomic mass is 32.2. The second-order valence-corrected chi connectivity index (χ2v) is 5.12. The second kappa shape index (κ2) is 9.94. The van der Waals surface area contributed by atoms with Crippen molar-refractivity contribution in [2.45, 2.75) is 26.7 Å². The van der Waals surface area contributed by atoms with Crippen LogP contribution in [0.25, 0.3) is 0 Å². The molecule has 0 saturated heterocycles.